The van der Waals surface area contributed by atoms with Crippen LogP contribution in [0.4, 0.5) is 0 Å². The van der Waals surface area contributed by atoms with Crippen molar-refractivity contribution in [2.24, 2.45) is 0 Å². The quantitative estimate of drug-likeness (QED) is 0.164. The summed E-state index contributed by atoms with van der Waals surface area (Å²) in [6, 6.07) is 7.24. The lowest BCUT2D eigenvalue weighted by atomic mass is 9.95. The van der Waals surface area contributed by atoms with E-state index in [0.29, 0.717) is 30.5 Å². The fourth-order valence-corrected chi connectivity index (χ4v) is 4.78. The Morgan fingerprint density at radius 1 is 0.902 bits per heavy atom. The Bertz CT molecular complexity index is 1210. The van der Waals surface area contributed by atoms with Crippen molar-refractivity contribution in [3.8, 4) is 22.6 Å². The van der Waals surface area contributed by atoms with Crippen LogP contribution in [-0.2, 0) is 27.2 Å². The maximum absolute atomic E-state index is 13.5. The molecule has 0 aromatic heterocycles. The molecule has 224 valence electrons. The van der Waals surface area contributed by atoms with E-state index in [0.717, 1.165) is 11.1 Å². The van der Waals surface area contributed by atoms with Gasteiger partial charge in [0.1, 0.15) is 23.6 Å². The van der Waals surface area contributed by atoms with Crippen LogP contribution >= 0.6 is 0 Å². The lowest BCUT2D eigenvalue weighted by Gasteiger charge is -2.25. The van der Waals surface area contributed by atoms with Gasteiger partial charge in [0.25, 0.3) is 0 Å². The highest BCUT2D eigenvalue weighted by atomic mass is 16.3. The molecule has 4 bridgehead atoms. The molecule has 0 radical (unpaired) electrons. The number of carbonyl (C=O) groups is 3. The van der Waals surface area contributed by atoms with Crippen molar-refractivity contribution in [1.82, 2.24) is 31.9 Å². The second-order valence-corrected chi connectivity index (χ2v) is 10.3. The van der Waals surface area contributed by atoms with Crippen LogP contribution in [0.2, 0.25) is 0 Å². The molecule has 4 atom stereocenters. The molecule has 0 spiro atoms. The molecule has 9 N–H and O–H groups in total. The molecule has 0 aliphatic carbocycles. The number of amides is 3. The van der Waals surface area contributed by atoms with Gasteiger partial charge < -0.3 is 47.2 Å². The monoisotopic (exact) mass is 570 g/mol. The summed E-state index contributed by atoms with van der Waals surface area (Å²) < 4.78 is 0. The number of aliphatic hydroxyl groups is 1. The molecule has 12 heteroatoms. The van der Waals surface area contributed by atoms with E-state index in [-0.39, 0.29) is 37.4 Å². The fourth-order valence-electron chi connectivity index (χ4n) is 4.78. The Labute approximate surface area is 240 Å². The van der Waals surface area contributed by atoms with Crippen molar-refractivity contribution in [2.45, 2.75) is 49.9 Å². The van der Waals surface area contributed by atoms with Gasteiger partial charge in [0, 0.05) is 25.9 Å². The van der Waals surface area contributed by atoms with Crippen LogP contribution in [-0.4, -0.2) is 98.0 Å². The van der Waals surface area contributed by atoms with Gasteiger partial charge in [0.2, 0.25) is 17.7 Å². The molecule has 1 aliphatic rings. The number of phenols is 2. The lowest BCUT2D eigenvalue weighted by molar-refractivity contribution is -0.132. The van der Waals surface area contributed by atoms with Gasteiger partial charge >= 0.3 is 0 Å². The zero-order valence-corrected chi connectivity index (χ0v) is 23.8. The van der Waals surface area contributed by atoms with Crippen molar-refractivity contribution in [3.05, 3.63) is 47.5 Å². The summed E-state index contributed by atoms with van der Waals surface area (Å²) >= 11 is 0. The van der Waals surface area contributed by atoms with E-state index in [2.05, 4.69) is 31.9 Å². The number of nitrogens with one attached hydrogen (secondary N) is 6. The number of aromatic hydroxyl groups is 2. The molecule has 0 fully saturated rings. The number of hydrogen-bond acceptors (Lipinski definition) is 9. The summed E-state index contributed by atoms with van der Waals surface area (Å²) in [4.78, 5) is 40.2. The summed E-state index contributed by atoms with van der Waals surface area (Å²) in [6.45, 7) is 0.838. The van der Waals surface area contributed by atoms with Gasteiger partial charge in [-0.2, -0.15) is 0 Å². The minimum Gasteiger partial charge on any atom is -0.508 e. The van der Waals surface area contributed by atoms with Crippen LogP contribution in [0.1, 0.15) is 24.0 Å². The molecule has 1 heterocycles. The van der Waals surface area contributed by atoms with E-state index in [9.17, 15) is 29.7 Å². The van der Waals surface area contributed by atoms with Crippen LogP contribution < -0.4 is 31.9 Å². The minimum absolute atomic E-state index is 0.0330. The van der Waals surface area contributed by atoms with Crippen molar-refractivity contribution >= 4 is 17.7 Å². The number of phenolic OH excluding ortho intramolecular Hbond substituents is 2. The molecule has 1 unspecified atom stereocenters. The van der Waals surface area contributed by atoms with Crippen LogP contribution in [0.25, 0.3) is 11.1 Å². The first-order valence-electron chi connectivity index (χ1n) is 13.8. The molecule has 0 saturated carbocycles. The van der Waals surface area contributed by atoms with Crippen LogP contribution in [0.15, 0.2) is 36.4 Å². The molecular formula is C29H42N6O6. The number of hydrogen-bond donors (Lipinski definition) is 9. The molecule has 3 rings (SSSR count). The van der Waals surface area contributed by atoms with Gasteiger partial charge in [-0.3, -0.25) is 14.4 Å². The number of fused-ring (bicyclic) bond motifs is 5. The standard InChI is InChI=1S/C29H42N6O6/c1-30-10-4-5-22-28(40)35-24(27(39)33-16-21(36)15-31-2)14-20-12-18(7-9-26(20)38)17-6-8-25(37)19(11-17)13-23(32-3)29(41)34-22/h6-9,11-12,21-24,30-32,36-38H,4-5,10,13-16H2,1-3H3,(H,33,39)(H,34,41)(H,35,40)/t21?,22-,23-,24-/m0/s1. The number of benzene rings is 2. The zero-order valence-electron chi connectivity index (χ0n) is 23.8. The maximum Gasteiger partial charge on any atom is 0.243 e. The number of aliphatic hydroxyl groups excluding tert-OH is 1. The molecule has 2 aromatic carbocycles. The predicted octanol–water partition coefficient (Wildman–Crippen LogP) is -0.883. The van der Waals surface area contributed by atoms with E-state index in [4.69, 9.17) is 0 Å². The SMILES string of the molecule is CNCCC[C@@H]1NC(=O)[C@@H](NC)Cc2cc(ccc2O)-c2ccc(O)c(c2)C[C@@H](C(=O)NCC(O)CNC)NC1=O. The molecule has 12 nitrogen and oxygen atoms in total. The number of rotatable bonds is 10. The second-order valence-electron chi connectivity index (χ2n) is 10.3. The third-order valence-electron chi connectivity index (χ3n) is 7.14. The molecule has 2 aromatic rings. The summed E-state index contributed by atoms with van der Waals surface area (Å²) in [5.74, 6) is -1.53. The Morgan fingerprint density at radius 3 is 2.12 bits per heavy atom. The highest BCUT2D eigenvalue weighted by Crippen LogP contribution is 2.31. The van der Waals surface area contributed by atoms with Crippen molar-refractivity contribution < 1.29 is 29.7 Å². The summed E-state index contributed by atoms with van der Waals surface area (Å²) in [7, 11) is 5.10. The van der Waals surface area contributed by atoms with Gasteiger partial charge in [-0.1, -0.05) is 12.1 Å². The van der Waals surface area contributed by atoms with Crippen LogP contribution in [0.3, 0.4) is 0 Å². The van der Waals surface area contributed by atoms with Crippen molar-refractivity contribution in [3.63, 3.8) is 0 Å². The molecule has 0 saturated heterocycles. The van der Waals surface area contributed by atoms with E-state index < -0.39 is 42.0 Å². The third kappa shape index (κ3) is 8.89. The fraction of sp³-hybridized carbons (Fsp3) is 0.483. The summed E-state index contributed by atoms with van der Waals surface area (Å²) in [5.41, 5.74) is 2.43. The molecule has 41 heavy (non-hydrogen) atoms. The first kappa shape index (κ1) is 31.8. The Morgan fingerprint density at radius 2 is 1.54 bits per heavy atom. The predicted molar refractivity (Wildman–Crippen MR) is 155 cm³/mol. The van der Waals surface area contributed by atoms with Crippen LogP contribution in [0.5, 0.6) is 11.5 Å². The van der Waals surface area contributed by atoms with E-state index in [1.165, 1.54) is 6.07 Å². The number of likely N-dealkylation sites (N-methyl/N-ethyl adjacent to an activating group) is 2. The van der Waals surface area contributed by atoms with Gasteiger partial charge in [0.15, 0.2) is 0 Å². The first-order chi connectivity index (χ1) is 19.7. The Balaban J connectivity index is 2.05. The molecule has 1 aliphatic heterocycles. The summed E-state index contributed by atoms with van der Waals surface area (Å²) in [5, 5.41) is 48.4. The normalized spacial score (nSPS) is 20.2. The third-order valence-corrected chi connectivity index (χ3v) is 7.14. The van der Waals surface area contributed by atoms with Gasteiger partial charge in [0.05, 0.1) is 12.1 Å². The van der Waals surface area contributed by atoms with E-state index >= 15 is 0 Å². The number of carbonyl (C=O) groups excluding carboxylic acids is 3. The highest BCUT2D eigenvalue weighted by molar-refractivity contribution is 5.93. The van der Waals surface area contributed by atoms with Crippen molar-refractivity contribution in [1.29, 1.82) is 0 Å². The van der Waals surface area contributed by atoms with E-state index in [1.54, 1.807) is 51.5 Å². The summed E-state index contributed by atoms with van der Waals surface area (Å²) in [6.07, 6.45) is 0.177. The lowest BCUT2D eigenvalue weighted by Crippen LogP contribution is -2.57. The maximum atomic E-state index is 13.5. The first-order valence-corrected chi connectivity index (χ1v) is 13.8. The Kier molecular flexibility index (Phi) is 11.9. The average Bonchev–Trinajstić information content (AvgIpc) is 2.95. The highest BCUT2D eigenvalue weighted by Gasteiger charge is 2.30. The zero-order chi connectivity index (χ0) is 29.9. The second kappa shape index (κ2) is 15.3. The van der Waals surface area contributed by atoms with E-state index in [1.807, 2.05) is 0 Å². The Hall–Kier alpha value is -3.71. The van der Waals surface area contributed by atoms with Gasteiger partial charge in [-0.05, 0) is 87.0 Å². The van der Waals surface area contributed by atoms with Crippen LogP contribution in [0, 0.1) is 0 Å². The van der Waals surface area contributed by atoms with Gasteiger partial charge in [-0.25, -0.2) is 0 Å². The van der Waals surface area contributed by atoms with Crippen molar-refractivity contribution in [2.75, 3.05) is 40.8 Å². The smallest absolute Gasteiger partial charge is 0.243 e. The minimum atomic E-state index is -1.10. The van der Waals surface area contributed by atoms with Gasteiger partial charge in [-0.15, -0.1) is 0 Å². The molecule has 3 amide bonds. The molecular weight excluding hydrogens is 528 g/mol. The largest absolute Gasteiger partial charge is 0.508 e. The average molecular weight is 571 g/mol. The topological polar surface area (TPSA) is 184 Å².